The smallest absolute Gasteiger partial charge is 0.319 e. The van der Waals surface area contributed by atoms with Gasteiger partial charge in [0.2, 0.25) is 5.91 Å². The van der Waals surface area contributed by atoms with Gasteiger partial charge in [-0.1, -0.05) is 44.2 Å². The van der Waals surface area contributed by atoms with Gasteiger partial charge in [-0.2, -0.15) is 0 Å². The molecule has 0 heterocycles. The zero-order valence-electron chi connectivity index (χ0n) is 24.8. The lowest BCUT2D eigenvalue weighted by Crippen LogP contribution is -2.42. The van der Waals surface area contributed by atoms with Crippen LogP contribution < -0.4 is 25.6 Å². The van der Waals surface area contributed by atoms with Crippen molar-refractivity contribution in [3.05, 3.63) is 89.5 Å². The van der Waals surface area contributed by atoms with Crippen LogP contribution in [0.5, 0.6) is 5.75 Å². The highest BCUT2D eigenvalue weighted by molar-refractivity contribution is 5.99. The number of hydrogen-bond acceptors (Lipinski definition) is 6. The van der Waals surface area contributed by atoms with Crippen LogP contribution in [0, 0.1) is 17.6 Å². The largest absolute Gasteiger partial charge is 0.482 e. The quantitative estimate of drug-likeness (QED) is 0.230. The number of halogens is 2. The van der Waals surface area contributed by atoms with E-state index in [2.05, 4.69) is 20.7 Å². The van der Waals surface area contributed by atoms with Crippen LogP contribution in [0.4, 0.5) is 25.0 Å². The number of ether oxygens (including phenoxy) is 2. The normalized spacial score (nSPS) is 10.6. The molecule has 3 N–H and O–H groups in total. The van der Waals surface area contributed by atoms with E-state index in [1.165, 1.54) is 18.1 Å². The average molecular weight is 611 g/mol. The van der Waals surface area contributed by atoms with Gasteiger partial charge >= 0.3 is 12.0 Å². The highest BCUT2D eigenvalue weighted by atomic mass is 19.1. The lowest BCUT2D eigenvalue weighted by atomic mass is 10.1. The van der Waals surface area contributed by atoms with Gasteiger partial charge in [0.05, 0.1) is 25.8 Å². The Hall–Kier alpha value is -5.00. The molecule has 10 nitrogen and oxygen atoms in total. The van der Waals surface area contributed by atoms with Crippen LogP contribution in [-0.2, 0) is 32.1 Å². The van der Waals surface area contributed by atoms with E-state index in [-0.39, 0.29) is 36.7 Å². The molecule has 0 saturated heterocycles. The van der Waals surface area contributed by atoms with Crippen LogP contribution >= 0.6 is 0 Å². The van der Waals surface area contributed by atoms with E-state index in [4.69, 9.17) is 4.74 Å². The molecule has 0 aliphatic carbocycles. The van der Waals surface area contributed by atoms with E-state index < -0.39 is 42.1 Å². The Morgan fingerprint density at radius 1 is 0.909 bits per heavy atom. The van der Waals surface area contributed by atoms with Crippen molar-refractivity contribution in [2.24, 2.45) is 5.92 Å². The number of nitrogens with one attached hydrogen (secondary N) is 3. The second-order valence-corrected chi connectivity index (χ2v) is 10.2. The molecule has 3 rings (SSSR count). The molecule has 3 aromatic carbocycles. The number of esters is 1. The summed E-state index contributed by atoms with van der Waals surface area (Å²) in [6.45, 7) is 3.17. The first-order valence-corrected chi connectivity index (χ1v) is 14.0. The highest BCUT2D eigenvalue weighted by Crippen LogP contribution is 2.29. The Kier molecular flexibility index (Phi) is 12.6. The van der Waals surface area contributed by atoms with Crippen LogP contribution in [0.2, 0.25) is 0 Å². The second-order valence-electron chi connectivity index (χ2n) is 10.2. The molecule has 4 amide bonds. The average Bonchev–Trinajstić information content (AvgIpc) is 2.99. The van der Waals surface area contributed by atoms with E-state index in [1.807, 2.05) is 13.8 Å². The Balaban J connectivity index is 1.63. The number of nitrogens with zero attached hydrogens (tertiary/aromatic N) is 1. The van der Waals surface area contributed by atoms with Gasteiger partial charge < -0.3 is 30.3 Å². The monoisotopic (exact) mass is 610 g/mol. The summed E-state index contributed by atoms with van der Waals surface area (Å²) < 4.78 is 38.1. The van der Waals surface area contributed by atoms with Crippen molar-refractivity contribution in [2.45, 2.75) is 33.2 Å². The number of anilines is 2. The predicted octanol–water partition coefficient (Wildman–Crippen LogP) is 4.58. The molecule has 0 spiro atoms. The summed E-state index contributed by atoms with van der Waals surface area (Å²) >= 11 is 0. The molecule has 0 radical (unpaired) electrons. The number of carbonyl (C=O) groups is 4. The highest BCUT2D eigenvalue weighted by Gasteiger charge is 2.21. The summed E-state index contributed by atoms with van der Waals surface area (Å²) in [5, 5.41) is 7.62. The van der Waals surface area contributed by atoms with Gasteiger partial charge in [0, 0.05) is 24.3 Å². The summed E-state index contributed by atoms with van der Waals surface area (Å²) in [5.41, 5.74) is 1.21. The van der Waals surface area contributed by atoms with Crippen molar-refractivity contribution in [1.29, 1.82) is 0 Å². The maximum atomic E-state index is 13.9. The molecule has 0 aromatic heterocycles. The van der Waals surface area contributed by atoms with Crippen molar-refractivity contribution < 1.29 is 37.4 Å². The van der Waals surface area contributed by atoms with E-state index in [1.54, 1.807) is 48.5 Å². The van der Waals surface area contributed by atoms with Crippen molar-refractivity contribution in [1.82, 2.24) is 10.6 Å². The molecule has 0 aliphatic heterocycles. The number of amides is 4. The van der Waals surface area contributed by atoms with Crippen molar-refractivity contribution in [2.75, 3.05) is 37.0 Å². The zero-order chi connectivity index (χ0) is 32.1. The van der Waals surface area contributed by atoms with Crippen LogP contribution in [0.25, 0.3) is 0 Å². The fourth-order valence-electron chi connectivity index (χ4n) is 4.08. The van der Waals surface area contributed by atoms with Crippen LogP contribution in [-0.4, -0.2) is 50.6 Å². The molecule has 0 aliphatic rings. The van der Waals surface area contributed by atoms with Crippen molar-refractivity contribution in [3.63, 3.8) is 0 Å². The number of urea groups is 1. The number of rotatable bonds is 14. The molecule has 0 bridgehead atoms. The molecule has 12 heteroatoms. The first-order chi connectivity index (χ1) is 21.1. The lowest BCUT2D eigenvalue weighted by molar-refractivity contribution is -0.139. The second kappa shape index (κ2) is 16.6. The first-order valence-electron chi connectivity index (χ1n) is 14.0. The van der Waals surface area contributed by atoms with Gasteiger partial charge in [0.1, 0.15) is 17.4 Å². The van der Waals surface area contributed by atoms with Crippen molar-refractivity contribution in [3.8, 4) is 5.75 Å². The summed E-state index contributed by atoms with van der Waals surface area (Å²) in [5.74, 6) is -2.50. The van der Waals surface area contributed by atoms with Gasteiger partial charge in [-0.15, -0.1) is 0 Å². The first kappa shape index (κ1) is 33.5. The third-order valence-electron chi connectivity index (χ3n) is 6.43. The number of benzene rings is 3. The van der Waals surface area contributed by atoms with Gasteiger partial charge in [-0.25, -0.2) is 13.6 Å². The van der Waals surface area contributed by atoms with Crippen LogP contribution in [0.3, 0.4) is 0 Å². The van der Waals surface area contributed by atoms with E-state index in [0.717, 1.165) is 12.1 Å². The summed E-state index contributed by atoms with van der Waals surface area (Å²) in [4.78, 5) is 51.4. The molecule has 3 aromatic rings. The minimum absolute atomic E-state index is 0.0458. The molecule has 44 heavy (non-hydrogen) atoms. The van der Waals surface area contributed by atoms with Gasteiger partial charge in [-0.3, -0.25) is 14.4 Å². The minimum atomic E-state index is -0.773. The van der Waals surface area contributed by atoms with E-state index in [0.29, 0.717) is 29.9 Å². The molecular weight excluding hydrogens is 574 g/mol. The molecule has 0 saturated carbocycles. The number of carbonyl (C=O) groups excluding carboxylic acids is 4. The third-order valence-corrected chi connectivity index (χ3v) is 6.43. The number of methoxy groups -OCH3 is 1. The van der Waals surface area contributed by atoms with Gasteiger partial charge in [0.25, 0.3) is 5.91 Å². The zero-order valence-corrected chi connectivity index (χ0v) is 24.8. The fourth-order valence-corrected chi connectivity index (χ4v) is 4.08. The maximum absolute atomic E-state index is 13.9. The van der Waals surface area contributed by atoms with E-state index >= 15 is 0 Å². The van der Waals surface area contributed by atoms with Gasteiger partial charge in [-0.05, 0) is 54.3 Å². The lowest BCUT2D eigenvalue weighted by Gasteiger charge is -2.26. The summed E-state index contributed by atoms with van der Waals surface area (Å²) in [6.07, 6.45) is 0.693. The fraction of sp³-hybridized carbons (Fsp3) is 0.312. The Labute approximate surface area is 254 Å². The Morgan fingerprint density at radius 3 is 2.32 bits per heavy atom. The molecule has 0 atom stereocenters. The Morgan fingerprint density at radius 2 is 1.61 bits per heavy atom. The number of hydrogen-bond donors (Lipinski definition) is 3. The minimum Gasteiger partial charge on any atom is -0.482 e. The summed E-state index contributed by atoms with van der Waals surface area (Å²) in [6, 6.07) is 16.1. The predicted molar refractivity (Wildman–Crippen MR) is 161 cm³/mol. The molecule has 0 unspecified atom stereocenters. The number of para-hydroxylation sites is 2. The Bertz CT molecular complexity index is 1450. The summed E-state index contributed by atoms with van der Waals surface area (Å²) in [7, 11) is 1.29. The molecular formula is C32H36F2N4O6. The van der Waals surface area contributed by atoms with Crippen LogP contribution in [0.1, 0.15) is 31.4 Å². The third kappa shape index (κ3) is 10.4. The van der Waals surface area contributed by atoms with Crippen molar-refractivity contribution >= 4 is 35.2 Å². The topological polar surface area (TPSA) is 126 Å². The van der Waals surface area contributed by atoms with Gasteiger partial charge in [0.15, 0.2) is 6.61 Å². The maximum Gasteiger partial charge on any atom is 0.319 e. The standard InChI is InChI=1S/C32H36F2N4O6/c1-21(2)14-15-38(30(40)19-36-32(42)37-23-9-6-8-22(16-23)17-31(41)43-3)27-12-4-5-13-28(27)44-20-29(39)35-18-24-25(33)10-7-11-26(24)34/h4-13,16,21H,14-15,17-20H2,1-3H3,(H,35,39)(H2,36,37,42). The molecule has 234 valence electrons. The SMILES string of the molecule is COC(=O)Cc1cccc(NC(=O)NCC(=O)N(CCC(C)C)c2ccccc2OCC(=O)NCc2c(F)cccc2F)c1. The van der Waals surface area contributed by atoms with Crippen LogP contribution in [0.15, 0.2) is 66.7 Å². The molecule has 0 fully saturated rings. The van der Waals surface area contributed by atoms with E-state index in [9.17, 15) is 28.0 Å².